The average molecular weight is 559 g/mol. The third-order valence-corrected chi connectivity index (χ3v) is 9.84. The maximum absolute atomic E-state index is 6.54. The van der Waals surface area contributed by atoms with Crippen LogP contribution in [0.25, 0.3) is 11.1 Å². The predicted octanol–water partition coefficient (Wildman–Crippen LogP) is 10.8. The van der Waals surface area contributed by atoms with Gasteiger partial charge in [0, 0.05) is 15.2 Å². The van der Waals surface area contributed by atoms with Crippen molar-refractivity contribution in [1.29, 1.82) is 0 Å². The molecule has 0 amide bonds. The third kappa shape index (κ3) is 7.08. The first-order chi connectivity index (χ1) is 18.9. The predicted molar refractivity (Wildman–Crippen MR) is 174 cm³/mol. The van der Waals surface area contributed by atoms with Gasteiger partial charge < -0.3 is 9.47 Å². The van der Waals surface area contributed by atoms with Gasteiger partial charge in [-0.25, -0.2) is 0 Å². The van der Waals surface area contributed by atoms with Crippen LogP contribution in [-0.4, -0.2) is 18.0 Å². The van der Waals surface area contributed by atoms with Crippen molar-refractivity contribution in [3.8, 4) is 5.75 Å². The van der Waals surface area contributed by atoms with Gasteiger partial charge in [-0.05, 0) is 95.9 Å². The second-order valence-electron chi connectivity index (χ2n) is 13.5. The molecule has 1 aliphatic heterocycles. The van der Waals surface area contributed by atoms with Gasteiger partial charge in [-0.2, -0.15) is 0 Å². The van der Waals surface area contributed by atoms with Gasteiger partial charge in [-0.1, -0.05) is 91.8 Å². The summed E-state index contributed by atoms with van der Waals surface area (Å²) in [5.74, 6) is 3.25. The standard InChI is InChI=1S/C37H50O2S/c1-10-36(7,8)23-29-20-35-30(21-33(29)38-18-16-25(2)3)32-22-34(39-19-17-26(4)5)31(24-37(32,9)40-35)27(6)28-14-12-11-13-15-28/h11-15,20-22,25-26H,6,10,16-19,23-24H2,1-5,7-9H3. The second kappa shape index (κ2) is 12.6. The first-order valence-electron chi connectivity index (χ1n) is 15.2. The Morgan fingerprint density at radius 2 is 1.65 bits per heavy atom. The Morgan fingerprint density at radius 1 is 1.00 bits per heavy atom. The van der Waals surface area contributed by atoms with Crippen LogP contribution in [-0.2, 0) is 11.2 Å². The number of ether oxygens (including phenoxy) is 2. The summed E-state index contributed by atoms with van der Waals surface area (Å²) in [6, 6.07) is 15.3. The number of allylic oxidation sites excluding steroid dienone is 3. The highest BCUT2D eigenvalue weighted by molar-refractivity contribution is 8.01. The number of benzene rings is 2. The van der Waals surface area contributed by atoms with Gasteiger partial charge in [0.1, 0.15) is 11.5 Å². The van der Waals surface area contributed by atoms with Crippen LogP contribution in [0.5, 0.6) is 5.75 Å². The Balaban J connectivity index is 1.77. The van der Waals surface area contributed by atoms with Crippen LogP contribution in [0, 0.1) is 17.3 Å². The van der Waals surface area contributed by atoms with Crippen molar-refractivity contribution in [3.63, 3.8) is 0 Å². The minimum atomic E-state index is -0.0750. The molecule has 2 nitrogen and oxygen atoms in total. The van der Waals surface area contributed by atoms with Crippen LogP contribution in [0.4, 0.5) is 0 Å². The fourth-order valence-electron chi connectivity index (χ4n) is 5.40. The minimum absolute atomic E-state index is 0.0750. The third-order valence-electron chi connectivity index (χ3n) is 8.46. The quantitative estimate of drug-likeness (QED) is 0.244. The summed E-state index contributed by atoms with van der Waals surface area (Å²) < 4.78 is 13.0. The largest absolute Gasteiger partial charge is 0.493 e. The van der Waals surface area contributed by atoms with Crippen LogP contribution in [0.15, 0.2) is 71.3 Å². The highest BCUT2D eigenvalue weighted by atomic mass is 32.2. The fraction of sp³-hybridized carbons (Fsp3) is 0.514. The van der Waals surface area contributed by atoms with Crippen LogP contribution in [0.2, 0.25) is 0 Å². The Hall–Kier alpha value is -2.39. The molecule has 0 saturated heterocycles. The summed E-state index contributed by atoms with van der Waals surface area (Å²) in [7, 11) is 0. The highest BCUT2D eigenvalue weighted by Gasteiger charge is 2.44. The summed E-state index contributed by atoms with van der Waals surface area (Å²) in [6.45, 7) is 24.5. The first kappa shape index (κ1) is 30.6. The molecule has 2 aromatic rings. The van der Waals surface area contributed by atoms with E-state index >= 15 is 0 Å². The van der Waals surface area contributed by atoms with Crippen molar-refractivity contribution < 1.29 is 9.47 Å². The Labute approximate surface area is 248 Å². The number of hydrogen-bond acceptors (Lipinski definition) is 3. The van der Waals surface area contributed by atoms with Gasteiger partial charge in [-0.15, -0.1) is 11.8 Å². The molecule has 3 heteroatoms. The number of thioether (sulfide) groups is 1. The normalized spacial score (nSPS) is 18.6. The van der Waals surface area contributed by atoms with E-state index in [4.69, 9.17) is 9.47 Å². The van der Waals surface area contributed by atoms with E-state index in [9.17, 15) is 0 Å². The van der Waals surface area contributed by atoms with Gasteiger partial charge in [0.25, 0.3) is 0 Å². The Kier molecular flexibility index (Phi) is 9.66. The first-order valence-corrected chi connectivity index (χ1v) is 16.1. The maximum atomic E-state index is 6.54. The number of fused-ring (bicyclic) bond motifs is 3. The highest BCUT2D eigenvalue weighted by Crippen LogP contribution is 2.60. The number of rotatable bonds is 13. The molecule has 2 aromatic carbocycles. The molecule has 0 aromatic heterocycles. The minimum Gasteiger partial charge on any atom is -0.493 e. The van der Waals surface area contributed by atoms with Gasteiger partial charge >= 0.3 is 0 Å². The van der Waals surface area contributed by atoms with E-state index < -0.39 is 0 Å². The zero-order chi connectivity index (χ0) is 29.1. The molecule has 40 heavy (non-hydrogen) atoms. The van der Waals surface area contributed by atoms with Crippen molar-refractivity contribution in [3.05, 3.63) is 83.1 Å². The van der Waals surface area contributed by atoms with Crippen molar-refractivity contribution in [2.24, 2.45) is 17.3 Å². The molecule has 0 saturated carbocycles. The molecule has 0 bridgehead atoms. The monoisotopic (exact) mass is 558 g/mol. The summed E-state index contributed by atoms with van der Waals surface area (Å²) in [5.41, 5.74) is 7.67. The molecular formula is C37H50O2S. The molecule has 0 radical (unpaired) electrons. The lowest BCUT2D eigenvalue weighted by atomic mass is 9.79. The second-order valence-corrected chi connectivity index (χ2v) is 15.0. The number of hydrogen-bond donors (Lipinski definition) is 0. The van der Waals surface area contributed by atoms with Crippen molar-refractivity contribution in [1.82, 2.24) is 0 Å². The van der Waals surface area contributed by atoms with Gasteiger partial charge in [0.15, 0.2) is 0 Å². The summed E-state index contributed by atoms with van der Waals surface area (Å²) in [6.07, 6.45) is 7.45. The molecule has 4 rings (SSSR count). The zero-order valence-electron chi connectivity index (χ0n) is 26.2. The Bertz CT molecular complexity index is 1260. The lowest BCUT2D eigenvalue weighted by Gasteiger charge is -2.33. The van der Waals surface area contributed by atoms with E-state index in [1.807, 2.05) is 11.8 Å². The molecule has 216 valence electrons. The zero-order valence-corrected chi connectivity index (χ0v) is 27.0. The molecule has 1 unspecified atom stereocenters. The molecular weight excluding hydrogens is 508 g/mol. The van der Waals surface area contributed by atoms with Gasteiger partial charge in [-0.3, -0.25) is 0 Å². The van der Waals surface area contributed by atoms with Crippen LogP contribution >= 0.6 is 11.8 Å². The molecule has 0 fully saturated rings. The van der Waals surface area contributed by atoms with Crippen molar-refractivity contribution >= 4 is 22.9 Å². The van der Waals surface area contributed by atoms with Gasteiger partial charge in [0.2, 0.25) is 0 Å². The lowest BCUT2D eigenvalue weighted by Crippen LogP contribution is -2.24. The Morgan fingerprint density at radius 3 is 2.27 bits per heavy atom. The maximum Gasteiger partial charge on any atom is 0.123 e. The van der Waals surface area contributed by atoms with E-state index in [1.165, 1.54) is 27.2 Å². The lowest BCUT2D eigenvalue weighted by molar-refractivity contribution is 0.203. The van der Waals surface area contributed by atoms with Crippen LogP contribution in [0.3, 0.4) is 0 Å². The molecule has 1 atom stereocenters. The fourth-order valence-corrected chi connectivity index (χ4v) is 6.86. The molecule has 1 aliphatic carbocycles. The van der Waals surface area contributed by atoms with Crippen molar-refractivity contribution in [2.75, 3.05) is 13.2 Å². The average Bonchev–Trinajstić information content (AvgIpc) is 3.18. The molecule has 0 spiro atoms. The van der Waals surface area contributed by atoms with Crippen molar-refractivity contribution in [2.45, 2.75) is 97.1 Å². The summed E-state index contributed by atoms with van der Waals surface area (Å²) in [4.78, 5) is 1.36. The van der Waals surface area contributed by atoms with E-state index in [2.05, 4.69) is 111 Å². The topological polar surface area (TPSA) is 18.5 Å². The molecule has 2 aliphatic rings. The molecule has 1 heterocycles. The van der Waals surface area contributed by atoms with Crippen LogP contribution in [0.1, 0.15) is 97.8 Å². The van der Waals surface area contributed by atoms with E-state index in [1.54, 1.807) is 0 Å². The van der Waals surface area contributed by atoms with E-state index in [0.29, 0.717) is 18.4 Å². The van der Waals surface area contributed by atoms with E-state index in [-0.39, 0.29) is 10.2 Å². The summed E-state index contributed by atoms with van der Waals surface area (Å²) in [5, 5.41) is 0. The molecule has 0 N–H and O–H groups in total. The smallest absolute Gasteiger partial charge is 0.123 e. The summed E-state index contributed by atoms with van der Waals surface area (Å²) >= 11 is 2.00. The van der Waals surface area contributed by atoms with Gasteiger partial charge in [0.05, 0.1) is 13.2 Å². The SMILES string of the molecule is C=C(C1=C(OCCC(C)C)C=C2c3cc(OCCC(C)C)c(CC(C)(C)CC)cc3SC2(C)C1)c1ccccc1. The van der Waals surface area contributed by atoms with E-state index in [0.717, 1.165) is 61.4 Å². The van der Waals surface area contributed by atoms with Crippen LogP contribution < -0.4 is 4.74 Å².